The van der Waals surface area contributed by atoms with Gasteiger partial charge < -0.3 is 4.55 Å². The predicted molar refractivity (Wildman–Crippen MR) is 362 cm³/mol. The van der Waals surface area contributed by atoms with E-state index in [1.807, 2.05) is 18.2 Å². The fourth-order valence-electron chi connectivity index (χ4n) is 9.65. The molecule has 0 N–H and O–H groups in total. The first-order valence-electron chi connectivity index (χ1n) is 27.6. The normalized spacial score (nSPS) is 11.2. The minimum atomic E-state index is -6.09. The number of hydrogen-bond donors (Lipinski definition) is 0. The number of benzene rings is 11. The van der Waals surface area contributed by atoms with E-state index < -0.39 is 21.0 Å². The van der Waals surface area contributed by atoms with Gasteiger partial charge in [0.15, 0.2) is 10.1 Å². The second kappa shape index (κ2) is 34.9. The van der Waals surface area contributed by atoms with Gasteiger partial charge >= 0.3 is 152 Å². The van der Waals surface area contributed by atoms with E-state index in [4.69, 9.17) is 13.0 Å². The molecule has 11 aromatic carbocycles. The Morgan fingerprint density at radius 1 is 0.302 bits per heavy atom. The molecule has 0 saturated heterocycles. The summed E-state index contributed by atoms with van der Waals surface area (Å²) in [5.74, 6) is 0. The molecule has 11 rings (SSSR count). The monoisotopic (exact) mass is 1330 g/mol. The molecule has 0 atom stereocenters. The molecule has 0 aliphatic carbocycles. The summed E-state index contributed by atoms with van der Waals surface area (Å²) in [5.41, 5.74) is 0.640. The van der Waals surface area contributed by atoms with Gasteiger partial charge in [0.05, 0.1) is 0 Å². The number of hydrogen-bond acceptors (Lipinski definition) is 3. The summed E-state index contributed by atoms with van der Waals surface area (Å²) in [7, 11) is -3.00. The van der Waals surface area contributed by atoms with Crippen LogP contribution < -0.4 is 42.4 Å². The first-order valence-corrected chi connectivity index (χ1v) is 35.5. The topological polar surface area (TPSA) is 57.2 Å². The molecule has 0 aromatic heterocycles. The van der Waals surface area contributed by atoms with Crippen LogP contribution in [0.5, 0.6) is 0 Å². The van der Waals surface area contributed by atoms with E-state index in [-0.39, 0.29) is 51.2 Å². The predicted octanol–water partition coefficient (Wildman–Crippen LogP) is 15.9. The van der Waals surface area contributed by atoms with E-state index in [9.17, 15) is 13.2 Å². The van der Waals surface area contributed by atoms with Crippen LogP contribution in [-0.2, 0) is 35.0 Å². The van der Waals surface area contributed by atoms with Crippen molar-refractivity contribution in [3.63, 3.8) is 0 Å². The second-order valence-corrected chi connectivity index (χ2v) is 30.1. The Balaban J connectivity index is 0.000000174. The average Bonchev–Trinajstić information content (AvgIpc) is 2.81. The molecule has 0 aliphatic rings. The Morgan fingerprint density at radius 2 is 0.430 bits per heavy atom. The maximum absolute atomic E-state index is 10.7. The number of alkyl halides is 3. The van der Waals surface area contributed by atoms with Crippen molar-refractivity contribution in [2.75, 3.05) is 24.6 Å². The molecule has 0 spiro atoms. The summed E-state index contributed by atoms with van der Waals surface area (Å²) in [6.07, 6.45) is 4.83. The van der Waals surface area contributed by atoms with E-state index in [1.54, 1.807) is 0 Å². The summed E-state index contributed by atoms with van der Waals surface area (Å²) in [4.78, 5) is 0. The van der Waals surface area contributed by atoms with Crippen LogP contribution in [0.3, 0.4) is 0 Å². The minimum absolute atomic E-state index is 0. The Labute approximate surface area is 526 Å². The van der Waals surface area contributed by atoms with Gasteiger partial charge in [-0.2, -0.15) is 13.2 Å². The Kier molecular flexibility index (Phi) is 27.2. The van der Waals surface area contributed by atoms with Gasteiger partial charge in [-0.3, -0.25) is 0 Å². The fourth-order valence-corrected chi connectivity index (χ4v) is 20.8. The van der Waals surface area contributed by atoms with Gasteiger partial charge in [0.2, 0.25) is 0 Å². The van der Waals surface area contributed by atoms with Crippen molar-refractivity contribution >= 4 is 92.9 Å². The first kappa shape index (κ1) is 67.2. The molecule has 0 aliphatic heterocycles. The molecule has 0 fully saturated rings. The maximum Gasteiger partial charge on any atom is 1.00 e. The van der Waals surface area contributed by atoms with Crippen LogP contribution >= 0.6 is 40.4 Å². The molecule has 0 unspecified atom stereocenters. The zero-order valence-corrected chi connectivity index (χ0v) is 54.0. The first-order chi connectivity index (χ1) is 41.5. The summed E-state index contributed by atoms with van der Waals surface area (Å²) < 4.78 is 58.9. The number of rotatable bonds is 17. The SMILES string of the molecule is O=S(=O)([O-])C(F)(F)F.P#CC(c1ccccc1)(c1ccccc1)c1ccccc1.[Ru+].c1ccc(P(CCP(c2ccccc2)c2ccccc2)c2ccccc2)cc1.c1ccc(P(CCP(c2ccccc2)c2ccccc2)c2ccccc2)cc1. The molecule has 3 nitrogen and oxygen atoms in total. The molecular weight excluding hydrogens is 1270 g/mol. The summed E-state index contributed by atoms with van der Waals surface area (Å²) in [6.45, 7) is 0. The van der Waals surface area contributed by atoms with Gasteiger partial charge in [-0.1, -0.05) is 243 Å². The largest absolute Gasteiger partial charge is 1.00 e. The summed E-state index contributed by atoms with van der Waals surface area (Å²) in [5, 5.41) is 11.8. The Bertz CT molecular complexity index is 3210. The smallest absolute Gasteiger partial charge is 0.0622 e. The van der Waals surface area contributed by atoms with Crippen LogP contribution in [0, 0.1) is 5.63 Å². The quantitative estimate of drug-likeness (QED) is 0.0300. The van der Waals surface area contributed by atoms with Crippen molar-refractivity contribution < 1.29 is 45.6 Å². The van der Waals surface area contributed by atoms with Crippen molar-refractivity contribution in [3.8, 4) is 5.63 Å². The molecule has 86 heavy (non-hydrogen) atoms. The molecule has 1 radical (unpaired) electrons. The number of halogens is 3. The zero-order valence-electron chi connectivity index (χ0n) is 46.9. The summed E-state index contributed by atoms with van der Waals surface area (Å²) >= 11 is 0. The van der Waals surface area contributed by atoms with Crippen LogP contribution in [-0.4, -0.2) is 43.1 Å². The van der Waals surface area contributed by atoms with E-state index >= 15 is 0 Å². The zero-order chi connectivity index (χ0) is 59.6. The fraction of sp³-hybridized carbons (Fsp3) is 0.0822. The third-order valence-electron chi connectivity index (χ3n) is 13.7. The van der Waals surface area contributed by atoms with Crippen LogP contribution in [0.1, 0.15) is 16.7 Å². The average molecular weight is 1330 g/mol. The van der Waals surface area contributed by atoms with Crippen molar-refractivity contribution in [1.82, 2.24) is 0 Å². The van der Waals surface area contributed by atoms with Gasteiger partial charge in [0.1, 0.15) is 0 Å². The Hall–Kier alpha value is -6.33. The van der Waals surface area contributed by atoms with Gasteiger partial charge in [-0.05, 0) is 98.8 Å². The maximum atomic E-state index is 10.7. The van der Waals surface area contributed by atoms with Gasteiger partial charge in [-0.15, -0.1) is 0 Å². The molecule has 11 aromatic rings. The molecule has 0 amide bonds. The van der Waals surface area contributed by atoms with E-state index in [2.05, 4.69) is 330 Å². The second-order valence-electron chi connectivity index (χ2n) is 19.2. The van der Waals surface area contributed by atoms with Crippen molar-refractivity contribution in [1.29, 1.82) is 0 Å². The van der Waals surface area contributed by atoms with E-state index in [0.29, 0.717) is 0 Å². The molecule has 13 heteroatoms. The van der Waals surface area contributed by atoms with Crippen LogP contribution in [0.2, 0.25) is 0 Å². The van der Waals surface area contributed by atoms with E-state index in [1.165, 1.54) is 67.1 Å². The molecular formula is C73H63F3O3P5RuS. The molecule has 433 valence electrons. The Morgan fingerprint density at radius 3 is 0.547 bits per heavy atom. The van der Waals surface area contributed by atoms with Gasteiger partial charge in [0, 0.05) is 0 Å². The van der Waals surface area contributed by atoms with E-state index in [0.717, 1.165) is 16.7 Å². The van der Waals surface area contributed by atoms with Gasteiger partial charge in [0.25, 0.3) is 0 Å². The van der Waals surface area contributed by atoms with Crippen LogP contribution in [0.4, 0.5) is 13.2 Å². The minimum Gasteiger partial charge on any atom is -0.0622 e. The van der Waals surface area contributed by atoms with Gasteiger partial charge in [-0.25, -0.2) is 8.42 Å². The van der Waals surface area contributed by atoms with Crippen LogP contribution in [0.15, 0.2) is 334 Å². The van der Waals surface area contributed by atoms with Crippen LogP contribution in [0.25, 0.3) is 0 Å². The molecule has 0 saturated carbocycles. The summed E-state index contributed by atoms with van der Waals surface area (Å²) in [6, 6.07) is 120. The van der Waals surface area contributed by atoms with Crippen molar-refractivity contribution in [2.45, 2.75) is 10.9 Å². The van der Waals surface area contributed by atoms with Crippen molar-refractivity contribution in [2.24, 2.45) is 0 Å². The third kappa shape index (κ3) is 19.3. The third-order valence-corrected chi connectivity index (χ3v) is 25.4. The molecule has 0 heterocycles. The van der Waals surface area contributed by atoms with Crippen molar-refractivity contribution in [3.05, 3.63) is 350 Å². The standard InChI is InChI=1S/2C26H24P2.C20H15P.CHF3O3S.Ru/c2*1-5-13-23(14-6-1)27(24-15-7-2-8-16-24)21-22-28(25-17-9-3-10-18-25)26-19-11-4-12-20-26;21-16-20(17-10-4-1-5-11-17,18-12-6-2-7-13-18)19-14-8-3-9-15-19;2-1(3,4)8(5,6)7;/h2*1-20H,21-22H2;1-15H;(H,5,6,7);/q;;;;+1/p-1. The molecule has 0 bridgehead atoms.